The van der Waals surface area contributed by atoms with Crippen molar-refractivity contribution < 1.29 is 13.2 Å². The van der Waals surface area contributed by atoms with Gasteiger partial charge in [-0.25, -0.2) is 8.42 Å². The summed E-state index contributed by atoms with van der Waals surface area (Å²) in [6.45, 7) is 1.21. The Morgan fingerprint density at radius 3 is 2.45 bits per heavy atom. The number of likely N-dealkylation sites (N-methyl/N-ethyl adjacent to an activating group) is 2. The number of sulfonamides is 1. The number of nitrogens with one attached hydrogen (secondary N) is 2. The van der Waals surface area contributed by atoms with E-state index in [1.807, 2.05) is 0 Å². The van der Waals surface area contributed by atoms with Crippen LogP contribution in [0.15, 0.2) is 24.3 Å². The summed E-state index contributed by atoms with van der Waals surface area (Å²) in [5.74, 6) is -0.220. The van der Waals surface area contributed by atoms with Crippen molar-refractivity contribution in [3.05, 3.63) is 29.8 Å². The van der Waals surface area contributed by atoms with Crippen LogP contribution in [0.2, 0.25) is 0 Å². The molecule has 0 aliphatic heterocycles. The maximum absolute atomic E-state index is 12.2. The number of hydrogen-bond acceptors (Lipinski definition) is 4. The van der Waals surface area contributed by atoms with E-state index in [1.165, 1.54) is 0 Å². The van der Waals surface area contributed by atoms with Crippen molar-refractivity contribution >= 4 is 34.0 Å². The lowest BCUT2D eigenvalue weighted by atomic mass is 10.1. The molecule has 0 fully saturated rings. The van der Waals surface area contributed by atoms with Crippen molar-refractivity contribution in [3.63, 3.8) is 0 Å². The van der Waals surface area contributed by atoms with Gasteiger partial charge in [0, 0.05) is 20.1 Å². The third-order valence-corrected chi connectivity index (χ3v) is 3.09. The van der Waals surface area contributed by atoms with E-state index < -0.39 is 10.0 Å². The molecule has 0 saturated carbocycles. The Kier molecular flexibility index (Phi) is 7.55. The summed E-state index contributed by atoms with van der Waals surface area (Å²) in [5.41, 5.74) is 0.637. The molecule has 8 heteroatoms. The standard InChI is InChI=1S/C12H19N3O3S.ClH/c1-13-8-9-15(2)12(16)10-6-4-5-7-11(10)14-19(3,17)18;/h4-7,13-14H,8-9H2,1-3H3;1H. The first kappa shape index (κ1) is 18.7. The lowest BCUT2D eigenvalue weighted by Gasteiger charge is -2.19. The third kappa shape index (κ3) is 5.77. The van der Waals surface area contributed by atoms with Crippen molar-refractivity contribution in [2.75, 3.05) is 38.2 Å². The van der Waals surface area contributed by atoms with Crippen LogP contribution < -0.4 is 10.0 Å². The fraction of sp³-hybridized carbons (Fsp3) is 0.417. The predicted molar refractivity (Wildman–Crippen MR) is 83.0 cm³/mol. The highest BCUT2D eigenvalue weighted by molar-refractivity contribution is 7.92. The zero-order chi connectivity index (χ0) is 14.5. The van der Waals surface area contributed by atoms with Crippen LogP contribution in [0.25, 0.3) is 0 Å². The number of anilines is 1. The minimum absolute atomic E-state index is 0. The molecule has 114 valence electrons. The molecule has 0 unspecified atom stereocenters. The lowest BCUT2D eigenvalue weighted by molar-refractivity contribution is 0.0798. The average molecular weight is 322 g/mol. The fourth-order valence-corrected chi connectivity index (χ4v) is 2.12. The van der Waals surface area contributed by atoms with Crippen LogP contribution in [0.3, 0.4) is 0 Å². The summed E-state index contributed by atoms with van der Waals surface area (Å²) in [6.07, 6.45) is 1.05. The Balaban J connectivity index is 0.00000361. The third-order valence-electron chi connectivity index (χ3n) is 2.50. The summed E-state index contributed by atoms with van der Waals surface area (Å²) in [6, 6.07) is 6.55. The summed E-state index contributed by atoms with van der Waals surface area (Å²) in [7, 11) is 0.0716. The van der Waals surface area contributed by atoms with Gasteiger partial charge in [-0.15, -0.1) is 12.4 Å². The average Bonchev–Trinajstić information content (AvgIpc) is 2.34. The molecule has 20 heavy (non-hydrogen) atoms. The van der Waals surface area contributed by atoms with Gasteiger partial charge in [0.25, 0.3) is 5.91 Å². The number of hydrogen-bond donors (Lipinski definition) is 2. The number of nitrogens with zero attached hydrogens (tertiary/aromatic N) is 1. The van der Waals surface area contributed by atoms with Crippen LogP contribution in [0.4, 0.5) is 5.69 Å². The van der Waals surface area contributed by atoms with Crippen LogP contribution in [0.1, 0.15) is 10.4 Å². The second-order valence-corrected chi connectivity index (χ2v) is 6.00. The first-order valence-corrected chi connectivity index (χ1v) is 7.71. The zero-order valence-electron chi connectivity index (χ0n) is 11.7. The maximum atomic E-state index is 12.2. The first-order chi connectivity index (χ1) is 8.85. The number of halogens is 1. The molecule has 1 aromatic rings. The minimum atomic E-state index is -3.41. The molecule has 1 rings (SSSR count). The molecule has 0 spiro atoms. The molecule has 1 aromatic carbocycles. The van der Waals surface area contributed by atoms with Crippen LogP contribution in [0.5, 0.6) is 0 Å². The Hall–Kier alpha value is -1.31. The monoisotopic (exact) mass is 321 g/mol. The molecular formula is C12H20ClN3O3S. The van der Waals surface area contributed by atoms with Crippen molar-refractivity contribution in [1.29, 1.82) is 0 Å². The SMILES string of the molecule is CNCCN(C)C(=O)c1ccccc1NS(C)(=O)=O.Cl. The smallest absolute Gasteiger partial charge is 0.255 e. The van der Waals surface area contributed by atoms with E-state index in [1.54, 1.807) is 43.3 Å². The Morgan fingerprint density at radius 1 is 1.30 bits per heavy atom. The van der Waals surface area contributed by atoms with Gasteiger partial charge >= 0.3 is 0 Å². The van der Waals surface area contributed by atoms with E-state index in [0.29, 0.717) is 24.3 Å². The first-order valence-electron chi connectivity index (χ1n) is 5.82. The van der Waals surface area contributed by atoms with Gasteiger partial charge in [0.1, 0.15) is 0 Å². The van der Waals surface area contributed by atoms with Gasteiger partial charge in [0.05, 0.1) is 17.5 Å². The van der Waals surface area contributed by atoms with E-state index in [0.717, 1.165) is 6.26 Å². The van der Waals surface area contributed by atoms with E-state index in [4.69, 9.17) is 0 Å². The number of benzene rings is 1. The molecular weight excluding hydrogens is 302 g/mol. The maximum Gasteiger partial charge on any atom is 0.255 e. The van der Waals surface area contributed by atoms with Gasteiger partial charge in [-0.2, -0.15) is 0 Å². The molecule has 1 amide bonds. The van der Waals surface area contributed by atoms with Crippen molar-refractivity contribution in [1.82, 2.24) is 10.2 Å². The normalized spacial score (nSPS) is 10.6. The van der Waals surface area contributed by atoms with Gasteiger partial charge < -0.3 is 10.2 Å². The summed E-state index contributed by atoms with van der Waals surface area (Å²) in [5, 5.41) is 2.95. The topological polar surface area (TPSA) is 78.5 Å². The summed E-state index contributed by atoms with van der Waals surface area (Å²) in [4.78, 5) is 13.8. The van der Waals surface area contributed by atoms with Crippen LogP contribution in [-0.4, -0.2) is 52.7 Å². The van der Waals surface area contributed by atoms with E-state index in [-0.39, 0.29) is 18.3 Å². The molecule has 0 aromatic heterocycles. The quantitative estimate of drug-likeness (QED) is 0.811. The van der Waals surface area contributed by atoms with Crippen LogP contribution >= 0.6 is 12.4 Å². The molecule has 0 saturated heterocycles. The highest BCUT2D eigenvalue weighted by Crippen LogP contribution is 2.17. The number of rotatable bonds is 6. The number of carbonyl (C=O) groups is 1. The molecule has 0 aliphatic carbocycles. The minimum Gasteiger partial charge on any atom is -0.340 e. The predicted octanol–water partition coefficient (Wildman–Crippen LogP) is 0.771. The highest BCUT2D eigenvalue weighted by atomic mass is 35.5. The largest absolute Gasteiger partial charge is 0.340 e. The molecule has 0 radical (unpaired) electrons. The lowest BCUT2D eigenvalue weighted by Crippen LogP contribution is -2.33. The fourth-order valence-electron chi connectivity index (χ4n) is 1.55. The van der Waals surface area contributed by atoms with Gasteiger partial charge in [-0.3, -0.25) is 9.52 Å². The molecule has 0 bridgehead atoms. The molecule has 6 nitrogen and oxygen atoms in total. The molecule has 2 N–H and O–H groups in total. The van der Waals surface area contributed by atoms with Crippen LogP contribution in [-0.2, 0) is 10.0 Å². The number of carbonyl (C=O) groups excluding carboxylic acids is 1. The number of amides is 1. The second kappa shape index (κ2) is 8.08. The second-order valence-electron chi connectivity index (χ2n) is 4.25. The van der Waals surface area contributed by atoms with Crippen LogP contribution in [0, 0.1) is 0 Å². The van der Waals surface area contributed by atoms with Gasteiger partial charge in [0.15, 0.2) is 0 Å². The van der Waals surface area contributed by atoms with Gasteiger partial charge in [-0.05, 0) is 19.2 Å². The van der Waals surface area contributed by atoms with E-state index in [9.17, 15) is 13.2 Å². The summed E-state index contributed by atoms with van der Waals surface area (Å²) < 4.78 is 24.9. The number of para-hydroxylation sites is 1. The Bertz CT molecular complexity index is 549. The molecule has 0 heterocycles. The zero-order valence-corrected chi connectivity index (χ0v) is 13.3. The van der Waals surface area contributed by atoms with Crippen molar-refractivity contribution in [3.8, 4) is 0 Å². The molecule has 0 atom stereocenters. The summed E-state index contributed by atoms with van der Waals surface area (Å²) >= 11 is 0. The Morgan fingerprint density at radius 2 is 1.90 bits per heavy atom. The van der Waals surface area contributed by atoms with E-state index in [2.05, 4.69) is 10.0 Å². The van der Waals surface area contributed by atoms with Crippen molar-refractivity contribution in [2.24, 2.45) is 0 Å². The highest BCUT2D eigenvalue weighted by Gasteiger charge is 2.16. The van der Waals surface area contributed by atoms with Gasteiger partial charge in [-0.1, -0.05) is 12.1 Å². The van der Waals surface area contributed by atoms with Gasteiger partial charge in [0.2, 0.25) is 10.0 Å². The van der Waals surface area contributed by atoms with E-state index >= 15 is 0 Å². The van der Waals surface area contributed by atoms with Crippen molar-refractivity contribution in [2.45, 2.75) is 0 Å². The Labute approximate surface area is 126 Å². The molecule has 0 aliphatic rings.